The number of benzene rings is 2. The molecular weight excluding hydrogens is 360 g/mol. The summed E-state index contributed by atoms with van der Waals surface area (Å²) in [7, 11) is -1.22. The second-order valence-corrected chi connectivity index (χ2v) is 7.25. The maximum absolute atomic E-state index is 12.8. The van der Waals surface area contributed by atoms with Crippen LogP contribution < -0.4 is 5.32 Å². The summed E-state index contributed by atoms with van der Waals surface area (Å²) in [6, 6.07) is 10.5. The molecule has 122 valence electrons. The van der Waals surface area contributed by atoms with Crippen molar-refractivity contribution in [2.45, 2.75) is 12.2 Å². The molecule has 0 bridgehead atoms. The van der Waals surface area contributed by atoms with E-state index in [1.807, 2.05) is 0 Å². The third kappa shape index (κ3) is 5.94. The minimum atomic E-state index is -1.22. The van der Waals surface area contributed by atoms with Crippen LogP contribution >= 0.6 is 23.2 Å². The van der Waals surface area contributed by atoms with Gasteiger partial charge in [-0.2, -0.15) is 0 Å². The van der Waals surface area contributed by atoms with E-state index in [-0.39, 0.29) is 29.7 Å². The van der Waals surface area contributed by atoms with Gasteiger partial charge < -0.3 is 5.32 Å². The molecule has 2 aromatic carbocycles. The van der Waals surface area contributed by atoms with Gasteiger partial charge in [-0.3, -0.25) is 9.00 Å². The zero-order valence-corrected chi connectivity index (χ0v) is 14.3. The Hall–Kier alpha value is -1.43. The predicted octanol–water partition coefficient (Wildman–Crippen LogP) is 4.41. The Morgan fingerprint density at radius 3 is 2.48 bits per heavy atom. The lowest BCUT2D eigenvalue weighted by molar-refractivity contribution is -0.115. The van der Waals surface area contributed by atoms with E-state index in [1.165, 1.54) is 24.3 Å². The van der Waals surface area contributed by atoms with Gasteiger partial charge in [-0.1, -0.05) is 29.3 Å². The summed E-state index contributed by atoms with van der Waals surface area (Å²) in [5.41, 5.74) is 1.23. The van der Waals surface area contributed by atoms with Crippen molar-refractivity contribution in [2.75, 3.05) is 11.1 Å². The van der Waals surface area contributed by atoms with Crippen LogP contribution in [0.3, 0.4) is 0 Å². The standard InChI is InChI=1S/C16H14Cl2FNO2S/c17-12-2-1-11(15(18)9-12)10-23(22)8-7-16(21)20-14-5-3-13(19)4-6-14/h1-6,9H,7-8,10H2,(H,20,21)/t23-/m0/s1. The number of carbonyl (C=O) groups excluding carboxylic acids is 1. The van der Waals surface area contributed by atoms with E-state index in [9.17, 15) is 13.4 Å². The molecule has 2 aromatic rings. The molecule has 1 N–H and O–H groups in total. The van der Waals surface area contributed by atoms with Gasteiger partial charge in [0.1, 0.15) is 5.82 Å². The van der Waals surface area contributed by atoms with Crippen molar-refractivity contribution in [1.29, 1.82) is 0 Å². The number of carbonyl (C=O) groups is 1. The minimum Gasteiger partial charge on any atom is -0.326 e. The maximum atomic E-state index is 12.8. The van der Waals surface area contributed by atoms with Crippen molar-refractivity contribution in [1.82, 2.24) is 0 Å². The quantitative estimate of drug-likeness (QED) is 0.814. The molecule has 3 nitrogen and oxygen atoms in total. The van der Waals surface area contributed by atoms with E-state index in [0.29, 0.717) is 15.7 Å². The van der Waals surface area contributed by atoms with Crippen LogP contribution in [-0.2, 0) is 21.3 Å². The highest BCUT2D eigenvalue weighted by molar-refractivity contribution is 7.84. The molecule has 2 rings (SSSR count). The maximum Gasteiger partial charge on any atom is 0.225 e. The summed E-state index contributed by atoms with van der Waals surface area (Å²) in [4.78, 5) is 11.8. The lowest BCUT2D eigenvalue weighted by atomic mass is 10.2. The zero-order chi connectivity index (χ0) is 16.8. The molecule has 23 heavy (non-hydrogen) atoms. The lowest BCUT2D eigenvalue weighted by Gasteiger charge is -2.07. The second-order valence-electron chi connectivity index (χ2n) is 4.83. The Bertz CT molecular complexity index is 723. The average molecular weight is 374 g/mol. The molecule has 0 saturated heterocycles. The van der Waals surface area contributed by atoms with Crippen LogP contribution in [0.1, 0.15) is 12.0 Å². The first-order chi connectivity index (χ1) is 10.9. The number of hydrogen-bond acceptors (Lipinski definition) is 2. The molecular formula is C16H14Cl2FNO2S. The fraction of sp³-hybridized carbons (Fsp3) is 0.188. The molecule has 0 aliphatic rings. The first kappa shape index (κ1) is 17.9. The van der Waals surface area contributed by atoms with Crippen LogP contribution in [0.15, 0.2) is 42.5 Å². The SMILES string of the molecule is O=C(CC[S@](=O)Cc1ccc(Cl)cc1Cl)Nc1ccc(F)cc1. The molecule has 0 heterocycles. The summed E-state index contributed by atoms with van der Waals surface area (Å²) in [5, 5.41) is 3.60. The molecule has 1 atom stereocenters. The van der Waals surface area contributed by atoms with Crippen LogP contribution in [0, 0.1) is 5.82 Å². The van der Waals surface area contributed by atoms with E-state index >= 15 is 0 Å². The van der Waals surface area contributed by atoms with Gasteiger partial charge in [0, 0.05) is 38.7 Å². The second kappa shape index (κ2) is 8.43. The molecule has 0 aromatic heterocycles. The third-order valence-electron chi connectivity index (χ3n) is 3.02. The van der Waals surface area contributed by atoms with E-state index in [1.54, 1.807) is 18.2 Å². The predicted molar refractivity (Wildman–Crippen MR) is 92.8 cm³/mol. The molecule has 0 fully saturated rings. The summed E-state index contributed by atoms with van der Waals surface area (Å²) in [5.74, 6) is -0.165. The number of rotatable bonds is 6. The topological polar surface area (TPSA) is 46.2 Å². The molecule has 0 unspecified atom stereocenters. The van der Waals surface area contributed by atoms with Crippen LogP contribution in [0.25, 0.3) is 0 Å². The van der Waals surface area contributed by atoms with Gasteiger partial charge >= 0.3 is 0 Å². The van der Waals surface area contributed by atoms with Gasteiger partial charge in [0.2, 0.25) is 5.91 Å². The minimum absolute atomic E-state index is 0.106. The van der Waals surface area contributed by atoms with Gasteiger partial charge in [-0.15, -0.1) is 0 Å². The Morgan fingerprint density at radius 1 is 1.13 bits per heavy atom. The van der Waals surface area contributed by atoms with Crippen LogP contribution in [0.4, 0.5) is 10.1 Å². The largest absolute Gasteiger partial charge is 0.326 e. The van der Waals surface area contributed by atoms with Gasteiger partial charge in [0.15, 0.2) is 0 Å². The number of amides is 1. The molecule has 7 heteroatoms. The van der Waals surface area contributed by atoms with Crippen molar-refractivity contribution < 1.29 is 13.4 Å². The van der Waals surface area contributed by atoms with Crippen LogP contribution in [0.2, 0.25) is 10.0 Å². The monoisotopic (exact) mass is 373 g/mol. The Kier molecular flexibility index (Phi) is 6.57. The Labute approximate surface area is 146 Å². The number of nitrogens with one attached hydrogen (secondary N) is 1. The van der Waals surface area contributed by atoms with Crippen LogP contribution in [-0.4, -0.2) is 15.9 Å². The van der Waals surface area contributed by atoms with Gasteiger partial charge in [0.05, 0.1) is 5.75 Å². The highest BCUT2D eigenvalue weighted by atomic mass is 35.5. The molecule has 0 aliphatic heterocycles. The van der Waals surface area contributed by atoms with Crippen molar-refractivity contribution in [3.8, 4) is 0 Å². The highest BCUT2D eigenvalue weighted by Gasteiger charge is 2.09. The smallest absolute Gasteiger partial charge is 0.225 e. The van der Waals surface area contributed by atoms with Gasteiger partial charge in [-0.25, -0.2) is 4.39 Å². The first-order valence-corrected chi connectivity index (χ1v) is 9.03. The lowest BCUT2D eigenvalue weighted by Crippen LogP contribution is -2.15. The third-order valence-corrected chi connectivity index (χ3v) is 4.90. The normalized spacial score (nSPS) is 12.0. The molecule has 0 aliphatic carbocycles. The summed E-state index contributed by atoms with van der Waals surface area (Å²) in [6.45, 7) is 0. The van der Waals surface area contributed by atoms with E-state index in [4.69, 9.17) is 23.2 Å². The summed E-state index contributed by atoms with van der Waals surface area (Å²) in [6.07, 6.45) is 0.106. The number of anilines is 1. The molecule has 0 radical (unpaired) electrons. The number of halogens is 3. The van der Waals surface area contributed by atoms with Crippen LogP contribution in [0.5, 0.6) is 0 Å². The van der Waals surface area contributed by atoms with E-state index in [0.717, 1.165) is 5.56 Å². The van der Waals surface area contributed by atoms with Crippen molar-refractivity contribution in [3.05, 3.63) is 63.9 Å². The summed E-state index contributed by atoms with van der Waals surface area (Å²) < 4.78 is 24.8. The zero-order valence-electron chi connectivity index (χ0n) is 12.0. The number of hydrogen-bond donors (Lipinski definition) is 1. The summed E-state index contributed by atoms with van der Waals surface area (Å²) >= 11 is 11.8. The van der Waals surface area contributed by atoms with Crippen molar-refractivity contribution in [3.63, 3.8) is 0 Å². The highest BCUT2D eigenvalue weighted by Crippen LogP contribution is 2.22. The van der Waals surface area contributed by atoms with Gasteiger partial charge in [-0.05, 0) is 42.0 Å². The van der Waals surface area contributed by atoms with Gasteiger partial charge in [0.25, 0.3) is 0 Å². The molecule has 1 amide bonds. The average Bonchev–Trinajstić information content (AvgIpc) is 2.50. The van der Waals surface area contributed by atoms with Crippen molar-refractivity contribution >= 4 is 45.6 Å². The van der Waals surface area contributed by atoms with E-state index < -0.39 is 10.8 Å². The van der Waals surface area contributed by atoms with E-state index in [2.05, 4.69) is 5.32 Å². The fourth-order valence-electron chi connectivity index (χ4n) is 1.85. The fourth-order valence-corrected chi connectivity index (χ4v) is 3.56. The Balaban J connectivity index is 1.81. The first-order valence-electron chi connectivity index (χ1n) is 6.78. The molecule has 0 saturated carbocycles. The Morgan fingerprint density at radius 2 is 1.83 bits per heavy atom. The van der Waals surface area contributed by atoms with Crippen molar-refractivity contribution in [2.24, 2.45) is 0 Å². The molecule has 0 spiro atoms.